The van der Waals surface area contributed by atoms with Gasteiger partial charge in [0.25, 0.3) is 0 Å². The summed E-state index contributed by atoms with van der Waals surface area (Å²) in [7, 11) is -0.583. The van der Waals surface area contributed by atoms with Gasteiger partial charge in [-0.2, -0.15) is 0 Å². The van der Waals surface area contributed by atoms with Crippen molar-refractivity contribution in [3.8, 4) is 5.75 Å². The van der Waals surface area contributed by atoms with Crippen molar-refractivity contribution < 1.29 is 17.9 Å². The Labute approximate surface area is 172 Å². The number of amides is 1. The number of nitrogens with one attached hydrogen (secondary N) is 1. The number of carbonyl (C=O) groups is 1. The Balaban J connectivity index is 1.56. The molecule has 1 N–H and O–H groups in total. The second-order valence-corrected chi connectivity index (χ2v) is 9.69. The first-order valence-corrected chi connectivity index (χ1v) is 11.4. The summed E-state index contributed by atoms with van der Waals surface area (Å²) < 4.78 is 31.6. The number of ether oxygens (including phenoxy) is 1. The molecule has 2 aromatic rings. The van der Waals surface area contributed by atoms with Crippen LogP contribution in [0.25, 0.3) is 0 Å². The zero-order valence-electron chi connectivity index (χ0n) is 16.9. The van der Waals surface area contributed by atoms with E-state index in [1.165, 1.54) is 39.1 Å². The zero-order chi connectivity index (χ0) is 20.9. The molecular formula is C22H28N2O4S. The van der Waals surface area contributed by atoms with Gasteiger partial charge in [0.05, 0.1) is 11.0 Å². The van der Waals surface area contributed by atoms with Gasteiger partial charge in [-0.1, -0.05) is 18.2 Å². The van der Waals surface area contributed by atoms with Crippen LogP contribution in [0, 0.1) is 0 Å². The molecule has 0 aromatic heterocycles. The number of hydrogen-bond acceptors (Lipinski definition) is 4. The largest absolute Gasteiger partial charge is 0.490 e. The Bertz CT molecular complexity index is 951. The molecule has 3 rings (SSSR count). The first-order chi connectivity index (χ1) is 13.8. The number of rotatable bonds is 8. The standard InChI is InChI=1S/C22H28N2O4S/c1-24(2)29(26,27)21-12-6-8-18(16-21)23-22(25)14-13-17-7-5-11-20(15-17)28-19-9-3-4-10-19/h5-8,11-12,15-16,19H,3-4,9-10,13-14H2,1-2H3,(H,23,25). The monoisotopic (exact) mass is 416 g/mol. The number of carbonyl (C=O) groups excluding carboxylic acids is 1. The Morgan fingerprint density at radius 1 is 1.10 bits per heavy atom. The summed E-state index contributed by atoms with van der Waals surface area (Å²) in [5.74, 6) is 0.697. The normalized spacial score (nSPS) is 14.9. The van der Waals surface area contributed by atoms with Gasteiger partial charge < -0.3 is 10.1 Å². The number of anilines is 1. The van der Waals surface area contributed by atoms with Crippen LogP contribution in [0.1, 0.15) is 37.7 Å². The van der Waals surface area contributed by atoms with Gasteiger partial charge in [-0.15, -0.1) is 0 Å². The van der Waals surface area contributed by atoms with Crippen molar-refractivity contribution in [2.75, 3.05) is 19.4 Å². The van der Waals surface area contributed by atoms with Crippen molar-refractivity contribution in [1.82, 2.24) is 4.31 Å². The fourth-order valence-corrected chi connectivity index (χ4v) is 4.35. The molecule has 0 unspecified atom stereocenters. The van der Waals surface area contributed by atoms with E-state index in [2.05, 4.69) is 5.32 Å². The van der Waals surface area contributed by atoms with E-state index in [1.54, 1.807) is 12.1 Å². The van der Waals surface area contributed by atoms with E-state index in [9.17, 15) is 13.2 Å². The van der Waals surface area contributed by atoms with Crippen molar-refractivity contribution in [1.29, 1.82) is 0 Å². The zero-order valence-corrected chi connectivity index (χ0v) is 17.7. The second-order valence-electron chi connectivity index (χ2n) is 7.54. The molecular weight excluding hydrogens is 388 g/mol. The summed E-state index contributed by atoms with van der Waals surface area (Å²) in [5.41, 5.74) is 1.51. The molecule has 0 radical (unpaired) electrons. The molecule has 156 valence electrons. The average molecular weight is 417 g/mol. The smallest absolute Gasteiger partial charge is 0.242 e. The minimum Gasteiger partial charge on any atom is -0.490 e. The van der Waals surface area contributed by atoms with Crippen LogP contribution in [0.4, 0.5) is 5.69 Å². The van der Waals surface area contributed by atoms with E-state index in [4.69, 9.17) is 4.74 Å². The first-order valence-electron chi connectivity index (χ1n) is 9.92. The van der Waals surface area contributed by atoms with E-state index >= 15 is 0 Å². The minimum atomic E-state index is -3.54. The van der Waals surface area contributed by atoms with Crippen LogP contribution in [-0.4, -0.2) is 38.8 Å². The lowest BCUT2D eigenvalue weighted by Gasteiger charge is -2.14. The molecule has 0 atom stereocenters. The predicted molar refractivity (Wildman–Crippen MR) is 114 cm³/mol. The van der Waals surface area contributed by atoms with E-state index in [0.717, 1.165) is 28.5 Å². The molecule has 1 aliphatic rings. The number of benzene rings is 2. The highest BCUT2D eigenvalue weighted by Gasteiger charge is 2.18. The van der Waals surface area contributed by atoms with Crippen molar-refractivity contribution in [2.24, 2.45) is 0 Å². The summed E-state index contributed by atoms with van der Waals surface area (Å²) in [5, 5.41) is 2.78. The topological polar surface area (TPSA) is 75.7 Å². The number of hydrogen-bond donors (Lipinski definition) is 1. The third-order valence-electron chi connectivity index (χ3n) is 5.04. The summed E-state index contributed by atoms with van der Waals surface area (Å²) in [6.45, 7) is 0. The summed E-state index contributed by atoms with van der Waals surface area (Å²) >= 11 is 0. The molecule has 1 aliphatic carbocycles. The Morgan fingerprint density at radius 3 is 2.55 bits per heavy atom. The maximum atomic E-state index is 12.3. The quantitative estimate of drug-likeness (QED) is 0.710. The fraction of sp³-hybridized carbons (Fsp3) is 0.409. The maximum Gasteiger partial charge on any atom is 0.242 e. The highest BCUT2D eigenvalue weighted by molar-refractivity contribution is 7.89. The Hall–Kier alpha value is -2.38. The Kier molecular flexibility index (Phi) is 6.92. The van der Waals surface area contributed by atoms with Crippen molar-refractivity contribution in [2.45, 2.75) is 49.5 Å². The molecule has 6 nitrogen and oxygen atoms in total. The molecule has 0 saturated heterocycles. The molecule has 0 aliphatic heterocycles. The maximum absolute atomic E-state index is 12.3. The van der Waals surface area contributed by atoms with Gasteiger partial charge in [0.15, 0.2) is 0 Å². The lowest BCUT2D eigenvalue weighted by molar-refractivity contribution is -0.116. The van der Waals surface area contributed by atoms with Crippen molar-refractivity contribution >= 4 is 21.6 Å². The summed E-state index contributed by atoms with van der Waals surface area (Å²) in [6.07, 6.45) is 5.86. The minimum absolute atomic E-state index is 0.150. The van der Waals surface area contributed by atoms with Gasteiger partial charge >= 0.3 is 0 Å². The lowest BCUT2D eigenvalue weighted by Crippen LogP contribution is -2.22. The fourth-order valence-electron chi connectivity index (χ4n) is 3.40. The van der Waals surface area contributed by atoms with Crippen LogP contribution in [0.3, 0.4) is 0 Å². The number of aryl methyl sites for hydroxylation is 1. The third kappa shape index (κ3) is 5.81. The van der Waals surface area contributed by atoms with Crippen molar-refractivity contribution in [3.63, 3.8) is 0 Å². The highest BCUT2D eigenvalue weighted by atomic mass is 32.2. The van der Waals surface area contributed by atoms with Crippen molar-refractivity contribution in [3.05, 3.63) is 54.1 Å². The highest BCUT2D eigenvalue weighted by Crippen LogP contribution is 2.25. The van der Waals surface area contributed by atoms with Gasteiger partial charge in [0, 0.05) is 26.2 Å². The summed E-state index contributed by atoms with van der Waals surface area (Å²) in [6, 6.07) is 14.2. The van der Waals surface area contributed by atoms with Crippen LogP contribution in [-0.2, 0) is 21.2 Å². The predicted octanol–water partition coefficient (Wildman–Crippen LogP) is 3.83. The van der Waals surface area contributed by atoms with Gasteiger partial charge in [-0.25, -0.2) is 12.7 Å². The molecule has 1 amide bonds. The first kappa shape index (κ1) is 21.3. The van der Waals surface area contributed by atoms with Gasteiger partial charge in [0.2, 0.25) is 15.9 Å². The van der Waals surface area contributed by atoms with Gasteiger partial charge in [0.1, 0.15) is 5.75 Å². The molecule has 1 fully saturated rings. The van der Waals surface area contributed by atoms with Crippen LogP contribution in [0.5, 0.6) is 5.75 Å². The molecule has 0 bridgehead atoms. The SMILES string of the molecule is CN(C)S(=O)(=O)c1cccc(NC(=O)CCc2cccc(OC3CCCC3)c2)c1. The molecule has 0 spiro atoms. The Morgan fingerprint density at radius 2 is 1.83 bits per heavy atom. The van der Waals surface area contributed by atoms with Crippen LogP contribution < -0.4 is 10.1 Å². The molecule has 1 saturated carbocycles. The lowest BCUT2D eigenvalue weighted by atomic mass is 10.1. The number of sulfonamides is 1. The van der Waals surface area contributed by atoms with Crippen LogP contribution in [0.2, 0.25) is 0 Å². The van der Waals surface area contributed by atoms with E-state index in [0.29, 0.717) is 24.6 Å². The number of nitrogens with zero attached hydrogens (tertiary/aromatic N) is 1. The molecule has 7 heteroatoms. The van der Waals surface area contributed by atoms with Gasteiger partial charge in [-0.3, -0.25) is 4.79 Å². The molecule has 29 heavy (non-hydrogen) atoms. The van der Waals surface area contributed by atoms with Crippen LogP contribution in [0.15, 0.2) is 53.4 Å². The second kappa shape index (κ2) is 9.41. The van der Waals surface area contributed by atoms with Gasteiger partial charge in [-0.05, 0) is 68.0 Å². The summed E-state index contributed by atoms with van der Waals surface area (Å²) in [4.78, 5) is 12.5. The van der Waals surface area contributed by atoms with E-state index in [1.807, 2.05) is 24.3 Å². The third-order valence-corrected chi connectivity index (χ3v) is 6.85. The van der Waals surface area contributed by atoms with E-state index < -0.39 is 10.0 Å². The molecule has 2 aromatic carbocycles. The van der Waals surface area contributed by atoms with Crippen LogP contribution >= 0.6 is 0 Å². The molecule has 0 heterocycles. The van der Waals surface area contributed by atoms with E-state index in [-0.39, 0.29) is 10.8 Å². The average Bonchev–Trinajstić information content (AvgIpc) is 3.20.